The van der Waals surface area contributed by atoms with Crippen LogP contribution in [0, 0.1) is 20.6 Å². The molecule has 0 amide bonds. The van der Waals surface area contributed by atoms with Gasteiger partial charge in [0.15, 0.2) is 6.61 Å². The first-order valence-corrected chi connectivity index (χ1v) is 7.67. The minimum atomic E-state index is -0.613. The van der Waals surface area contributed by atoms with Crippen LogP contribution in [-0.4, -0.2) is 23.3 Å². The Kier molecular flexibility index (Phi) is 5.43. The zero-order valence-corrected chi connectivity index (χ0v) is 14.3. The molecule has 0 saturated carbocycles. The predicted molar refractivity (Wildman–Crippen MR) is 91.6 cm³/mol. The van der Waals surface area contributed by atoms with Crippen molar-refractivity contribution in [3.63, 3.8) is 0 Å². The number of halogens is 1. The molecule has 7 heteroatoms. The van der Waals surface area contributed by atoms with Crippen molar-refractivity contribution in [1.29, 1.82) is 0 Å². The van der Waals surface area contributed by atoms with Crippen LogP contribution >= 0.6 is 22.6 Å². The van der Waals surface area contributed by atoms with Gasteiger partial charge in [-0.2, -0.15) is 0 Å². The second-order valence-electron chi connectivity index (χ2n) is 4.77. The minimum Gasteiger partial charge on any atom is -0.454 e. The molecule has 0 aliphatic heterocycles. The smallest absolute Gasteiger partial charge is 0.338 e. The van der Waals surface area contributed by atoms with Crippen LogP contribution < -0.4 is 0 Å². The van der Waals surface area contributed by atoms with E-state index in [0.717, 1.165) is 3.57 Å². The second-order valence-corrected chi connectivity index (χ2v) is 6.01. The Morgan fingerprint density at radius 1 is 1.17 bits per heavy atom. The van der Waals surface area contributed by atoms with Crippen molar-refractivity contribution >= 4 is 40.0 Å². The molecule has 0 bridgehead atoms. The summed E-state index contributed by atoms with van der Waals surface area (Å²) in [7, 11) is 0. The summed E-state index contributed by atoms with van der Waals surface area (Å²) >= 11 is 2.06. The van der Waals surface area contributed by atoms with E-state index in [1.165, 1.54) is 18.2 Å². The van der Waals surface area contributed by atoms with Crippen molar-refractivity contribution in [3.05, 3.63) is 72.8 Å². The van der Waals surface area contributed by atoms with Crippen LogP contribution in [-0.2, 0) is 4.74 Å². The number of ketones is 1. The number of carbonyl (C=O) groups is 2. The van der Waals surface area contributed by atoms with Crippen molar-refractivity contribution in [3.8, 4) is 0 Å². The SMILES string of the molecule is Cc1ccc(C(=O)COC(=O)c2cccc(I)c2)cc1[N+](=O)[O-]. The van der Waals surface area contributed by atoms with Gasteiger partial charge in [0.25, 0.3) is 5.69 Å². The lowest BCUT2D eigenvalue weighted by Crippen LogP contribution is -2.14. The maximum atomic E-state index is 12.0. The normalized spacial score (nSPS) is 10.2. The monoisotopic (exact) mass is 425 g/mol. The summed E-state index contributed by atoms with van der Waals surface area (Å²) in [6, 6.07) is 10.9. The van der Waals surface area contributed by atoms with E-state index < -0.39 is 23.3 Å². The molecule has 0 aromatic heterocycles. The zero-order chi connectivity index (χ0) is 17.0. The lowest BCUT2D eigenvalue weighted by atomic mass is 10.1. The molecule has 6 nitrogen and oxygen atoms in total. The fraction of sp³-hybridized carbons (Fsp3) is 0.125. The highest BCUT2D eigenvalue weighted by Gasteiger charge is 2.17. The summed E-state index contributed by atoms with van der Waals surface area (Å²) in [4.78, 5) is 34.2. The van der Waals surface area contributed by atoms with Gasteiger partial charge in [0.05, 0.1) is 10.5 Å². The third-order valence-corrected chi connectivity index (χ3v) is 3.79. The van der Waals surface area contributed by atoms with Gasteiger partial charge < -0.3 is 4.74 Å². The number of nitrogens with zero attached hydrogens (tertiary/aromatic N) is 1. The Bertz CT molecular complexity index is 788. The Balaban J connectivity index is 2.06. The number of aryl methyl sites for hydroxylation is 1. The fourth-order valence-corrected chi connectivity index (χ4v) is 2.44. The van der Waals surface area contributed by atoms with E-state index in [1.54, 1.807) is 25.1 Å². The van der Waals surface area contributed by atoms with Crippen LogP contribution in [0.1, 0.15) is 26.3 Å². The molecule has 0 heterocycles. The number of rotatable bonds is 5. The van der Waals surface area contributed by atoms with E-state index in [1.807, 2.05) is 6.07 Å². The highest BCUT2D eigenvalue weighted by molar-refractivity contribution is 14.1. The van der Waals surface area contributed by atoms with Crippen LogP contribution in [0.4, 0.5) is 5.69 Å². The number of nitro groups is 1. The molecule has 2 aromatic rings. The predicted octanol–water partition coefficient (Wildman–Crippen LogP) is 3.55. The summed E-state index contributed by atoms with van der Waals surface area (Å²) in [6.07, 6.45) is 0. The summed E-state index contributed by atoms with van der Waals surface area (Å²) in [5.74, 6) is -1.11. The molecule has 23 heavy (non-hydrogen) atoms. The quantitative estimate of drug-likeness (QED) is 0.241. The third-order valence-electron chi connectivity index (χ3n) is 3.12. The van der Waals surface area contributed by atoms with Crippen LogP contribution in [0.15, 0.2) is 42.5 Å². The van der Waals surface area contributed by atoms with Crippen LogP contribution in [0.2, 0.25) is 0 Å². The molecular weight excluding hydrogens is 413 g/mol. The lowest BCUT2D eigenvalue weighted by molar-refractivity contribution is -0.385. The number of hydrogen-bond acceptors (Lipinski definition) is 5. The van der Waals surface area contributed by atoms with E-state index in [4.69, 9.17) is 4.74 Å². The van der Waals surface area contributed by atoms with E-state index in [2.05, 4.69) is 22.6 Å². The fourth-order valence-electron chi connectivity index (χ4n) is 1.89. The van der Waals surface area contributed by atoms with Gasteiger partial charge >= 0.3 is 5.97 Å². The summed E-state index contributed by atoms with van der Waals surface area (Å²) in [5, 5.41) is 10.9. The second kappa shape index (κ2) is 7.32. The standard InChI is InChI=1S/C16H12INO5/c1-10-5-6-11(8-14(10)18(21)22)15(19)9-23-16(20)12-3-2-4-13(17)7-12/h2-8H,9H2,1H3. The molecule has 0 aliphatic rings. The van der Waals surface area contributed by atoms with Gasteiger partial charge in [-0.05, 0) is 47.7 Å². The summed E-state index contributed by atoms with van der Waals surface area (Å²) < 4.78 is 5.84. The topological polar surface area (TPSA) is 86.5 Å². The molecule has 2 aromatic carbocycles. The summed E-state index contributed by atoms with van der Waals surface area (Å²) in [6.45, 7) is 1.12. The minimum absolute atomic E-state index is 0.137. The van der Waals surface area contributed by atoms with Crippen molar-refractivity contribution < 1.29 is 19.2 Å². The molecule has 0 unspecified atom stereocenters. The van der Waals surface area contributed by atoms with Gasteiger partial charge in [-0.3, -0.25) is 14.9 Å². The molecule has 2 rings (SSSR count). The Morgan fingerprint density at radius 3 is 2.57 bits per heavy atom. The number of esters is 1. The average Bonchev–Trinajstić information content (AvgIpc) is 2.52. The van der Waals surface area contributed by atoms with Crippen molar-refractivity contribution in [1.82, 2.24) is 0 Å². The molecule has 0 saturated heterocycles. The molecule has 0 spiro atoms. The zero-order valence-electron chi connectivity index (χ0n) is 12.1. The molecule has 0 aliphatic carbocycles. The molecule has 0 N–H and O–H groups in total. The first-order chi connectivity index (χ1) is 10.9. The highest BCUT2D eigenvalue weighted by Crippen LogP contribution is 2.19. The van der Waals surface area contributed by atoms with Crippen molar-refractivity contribution in [2.45, 2.75) is 6.92 Å². The van der Waals surface area contributed by atoms with Crippen molar-refractivity contribution in [2.75, 3.05) is 6.61 Å². The van der Waals surface area contributed by atoms with E-state index in [0.29, 0.717) is 11.1 Å². The van der Waals surface area contributed by atoms with E-state index in [9.17, 15) is 19.7 Å². The number of Topliss-reactive ketones (excluding diaryl/α,β-unsaturated/α-hetero) is 1. The molecule has 0 atom stereocenters. The van der Waals surface area contributed by atoms with Gasteiger partial charge in [0.1, 0.15) is 0 Å². The van der Waals surface area contributed by atoms with Gasteiger partial charge in [-0.25, -0.2) is 4.79 Å². The Hall–Kier alpha value is -2.29. The molecule has 0 fully saturated rings. The Morgan fingerprint density at radius 2 is 1.91 bits per heavy atom. The maximum absolute atomic E-state index is 12.0. The molecular formula is C16H12INO5. The van der Waals surface area contributed by atoms with Crippen LogP contribution in [0.3, 0.4) is 0 Å². The number of ether oxygens (including phenoxy) is 1. The summed E-state index contributed by atoms with van der Waals surface area (Å²) in [5.41, 5.74) is 0.805. The first kappa shape index (κ1) is 17.1. The van der Waals surface area contributed by atoms with Gasteiger partial charge in [0, 0.05) is 20.8 Å². The van der Waals surface area contributed by atoms with Crippen LogP contribution in [0.25, 0.3) is 0 Å². The number of benzene rings is 2. The van der Waals surface area contributed by atoms with E-state index in [-0.39, 0.29) is 11.3 Å². The molecule has 0 radical (unpaired) electrons. The maximum Gasteiger partial charge on any atom is 0.338 e. The number of carbonyl (C=O) groups excluding carboxylic acids is 2. The van der Waals surface area contributed by atoms with Gasteiger partial charge in [-0.1, -0.05) is 18.2 Å². The molecule has 118 valence electrons. The highest BCUT2D eigenvalue weighted by atomic mass is 127. The van der Waals surface area contributed by atoms with Gasteiger partial charge in [-0.15, -0.1) is 0 Å². The van der Waals surface area contributed by atoms with E-state index >= 15 is 0 Å². The van der Waals surface area contributed by atoms with Gasteiger partial charge in [0.2, 0.25) is 5.78 Å². The first-order valence-electron chi connectivity index (χ1n) is 6.59. The number of nitro benzene ring substituents is 1. The van der Waals surface area contributed by atoms with Crippen LogP contribution in [0.5, 0.6) is 0 Å². The Labute approximate surface area is 145 Å². The lowest BCUT2D eigenvalue weighted by Gasteiger charge is -2.05. The largest absolute Gasteiger partial charge is 0.454 e. The third kappa shape index (κ3) is 4.35. The average molecular weight is 425 g/mol. The number of hydrogen-bond donors (Lipinski definition) is 0. The van der Waals surface area contributed by atoms with Crippen molar-refractivity contribution in [2.24, 2.45) is 0 Å².